The molecule has 18 heavy (non-hydrogen) atoms. The van der Waals surface area contributed by atoms with Crippen LogP contribution in [0.3, 0.4) is 0 Å². The van der Waals surface area contributed by atoms with Gasteiger partial charge in [-0.3, -0.25) is 0 Å². The normalized spacial score (nSPS) is 13.5. The van der Waals surface area contributed by atoms with Crippen molar-refractivity contribution in [1.82, 2.24) is 5.32 Å². The maximum absolute atomic E-state index is 11.6. The molecular weight excluding hydrogens is 351 g/mol. The molecule has 1 aromatic carbocycles. The van der Waals surface area contributed by atoms with Crippen molar-refractivity contribution in [2.75, 3.05) is 5.32 Å². The monoisotopic (exact) mass is 364 g/mol. The first-order chi connectivity index (χ1) is 8.41. The molecule has 7 heteroatoms. The molecule has 0 radical (unpaired) electrons. The molecule has 0 saturated heterocycles. The molecule has 0 aliphatic rings. The lowest BCUT2D eigenvalue weighted by atomic mass is 10.2. The Balaban J connectivity index is 2.67. The van der Waals surface area contributed by atoms with E-state index in [4.69, 9.17) is 5.11 Å². The number of carboxylic acid groups (broad SMARTS) is 1. The number of carbonyl (C=O) groups excluding carboxylic acids is 1. The molecular formula is C11H13IN2O4. The Hall–Kier alpha value is -1.35. The average molecular weight is 364 g/mol. The lowest BCUT2D eigenvalue weighted by molar-refractivity contribution is -0.141. The molecule has 98 valence electrons. The summed E-state index contributed by atoms with van der Waals surface area (Å²) >= 11 is 2.05. The summed E-state index contributed by atoms with van der Waals surface area (Å²) in [5.74, 6) is -1.29. The molecule has 0 fully saturated rings. The van der Waals surface area contributed by atoms with E-state index in [-0.39, 0.29) is 0 Å². The van der Waals surface area contributed by atoms with Crippen LogP contribution >= 0.6 is 22.6 Å². The molecule has 4 N–H and O–H groups in total. The Morgan fingerprint density at radius 1 is 1.33 bits per heavy atom. The van der Waals surface area contributed by atoms with Gasteiger partial charge in [-0.1, -0.05) is 12.1 Å². The third kappa shape index (κ3) is 4.15. The first-order valence-electron chi connectivity index (χ1n) is 5.14. The highest BCUT2D eigenvalue weighted by atomic mass is 127. The fourth-order valence-electron chi connectivity index (χ4n) is 1.25. The second kappa shape index (κ2) is 6.55. The van der Waals surface area contributed by atoms with E-state index in [1.54, 1.807) is 18.2 Å². The van der Waals surface area contributed by atoms with Crippen molar-refractivity contribution in [1.29, 1.82) is 0 Å². The minimum Gasteiger partial charge on any atom is -0.480 e. The predicted octanol–water partition coefficient (Wildman–Crippen LogP) is 1.25. The van der Waals surface area contributed by atoms with Crippen molar-refractivity contribution in [3.05, 3.63) is 27.8 Å². The molecule has 0 aromatic heterocycles. The molecule has 1 aromatic rings. The summed E-state index contributed by atoms with van der Waals surface area (Å²) in [6.07, 6.45) is -1.18. The van der Waals surface area contributed by atoms with E-state index < -0.39 is 24.1 Å². The van der Waals surface area contributed by atoms with Gasteiger partial charge in [0, 0.05) is 3.57 Å². The van der Waals surface area contributed by atoms with Gasteiger partial charge >= 0.3 is 12.0 Å². The number of hydrogen-bond acceptors (Lipinski definition) is 3. The van der Waals surface area contributed by atoms with Gasteiger partial charge in [-0.25, -0.2) is 9.59 Å². The first-order valence-corrected chi connectivity index (χ1v) is 6.22. The third-order valence-electron chi connectivity index (χ3n) is 2.16. The van der Waals surface area contributed by atoms with Crippen molar-refractivity contribution >= 4 is 40.3 Å². The number of para-hydroxylation sites is 1. The van der Waals surface area contributed by atoms with E-state index in [1.807, 2.05) is 28.7 Å². The largest absolute Gasteiger partial charge is 0.480 e. The van der Waals surface area contributed by atoms with Gasteiger partial charge in [0.25, 0.3) is 0 Å². The van der Waals surface area contributed by atoms with Gasteiger partial charge in [-0.2, -0.15) is 0 Å². The number of amides is 2. The summed E-state index contributed by atoms with van der Waals surface area (Å²) < 4.78 is 0.828. The minimum atomic E-state index is -1.34. The Kier molecular flexibility index (Phi) is 5.35. The Morgan fingerprint density at radius 2 is 1.94 bits per heavy atom. The number of aliphatic hydroxyl groups excluding tert-OH is 1. The number of anilines is 1. The van der Waals surface area contributed by atoms with Crippen molar-refractivity contribution < 1.29 is 19.8 Å². The lowest BCUT2D eigenvalue weighted by Gasteiger charge is -2.17. The second-order valence-corrected chi connectivity index (χ2v) is 4.80. The standard InChI is InChI=1S/C11H13IN2O4/c1-6(15)9(10(16)17)14-11(18)13-8-5-3-2-4-7(8)12/h2-6,9,15H,1H3,(H,16,17)(H2,13,14,18). The number of halogens is 1. The van der Waals surface area contributed by atoms with Crippen LogP contribution in [0.2, 0.25) is 0 Å². The highest BCUT2D eigenvalue weighted by Crippen LogP contribution is 2.16. The van der Waals surface area contributed by atoms with Crippen LogP contribution in [0.1, 0.15) is 6.92 Å². The highest BCUT2D eigenvalue weighted by Gasteiger charge is 2.24. The summed E-state index contributed by atoms with van der Waals surface area (Å²) in [4.78, 5) is 22.4. The van der Waals surface area contributed by atoms with Crippen molar-refractivity contribution in [3.8, 4) is 0 Å². The van der Waals surface area contributed by atoms with Crippen LogP contribution in [0.4, 0.5) is 10.5 Å². The Morgan fingerprint density at radius 3 is 2.44 bits per heavy atom. The second-order valence-electron chi connectivity index (χ2n) is 3.63. The molecule has 0 aliphatic heterocycles. The van der Waals surface area contributed by atoms with Gasteiger partial charge in [0.1, 0.15) is 0 Å². The summed E-state index contributed by atoms with van der Waals surface area (Å²) in [5.41, 5.74) is 0.574. The van der Waals surface area contributed by atoms with Crippen LogP contribution in [-0.4, -0.2) is 34.4 Å². The number of urea groups is 1. The van der Waals surface area contributed by atoms with E-state index >= 15 is 0 Å². The topological polar surface area (TPSA) is 98.7 Å². The summed E-state index contributed by atoms with van der Waals surface area (Å²) in [6.45, 7) is 1.30. The zero-order chi connectivity index (χ0) is 13.7. The number of rotatable bonds is 4. The molecule has 6 nitrogen and oxygen atoms in total. The Bertz CT molecular complexity index is 450. The smallest absolute Gasteiger partial charge is 0.328 e. The molecule has 0 saturated carbocycles. The zero-order valence-electron chi connectivity index (χ0n) is 9.55. The molecule has 0 heterocycles. The van der Waals surface area contributed by atoms with Crippen LogP contribution in [0.15, 0.2) is 24.3 Å². The number of benzene rings is 1. The van der Waals surface area contributed by atoms with Crippen LogP contribution in [0.5, 0.6) is 0 Å². The summed E-state index contributed by atoms with van der Waals surface area (Å²) in [6, 6.07) is 5.06. The fraction of sp³-hybridized carbons (Fsp3) is 0.273. The maximum atomic E-state index is 11.6. The zero-order valence-corrected chi connectivity index (χ0v) is 11.7. The number of carbonyl (C=O) groups is 2. The Labute approximate surface area is 118 Å². The highest BCUT2D eigenvalue weighted by molar-refractivity contribution is 14.1. The molecule has 1 rings (SSSR count). The van der Waals surface area contributed by atoms with Gasteiger partial charge in [-0.15, -0.1) is 0 Å². The van der Waals surface area contributed by atoms with Crippen LogP contribution in [-0.2, 0) is 4.79 Å². The number of aliphatic carboxylic acids is 1. The number of aliphatic hydroxyl groups is 1. The molecule has 2 unspecified atom stereocenters. The minimum absolute atomic E-state index is 0.574. The van der Waals surface area contributed by atoms with Gasteiger partial charge < -0.3 is 20.8 Å². The molecule has 0 bridgehead atoms. The van der Waals surface area contributed by atoms with Gasteiger partial charge in [0.2, 0.25) is 0 Å². The molecule has 0 aliphatic carbocycles. The van der Waals surface area contributed by atoms with Gasteiger partial charge in [0.05, 0.1) is 11.8 Å². The van der Waals surface area contributed by atoms with Crippen molar-refractivity contribution in [2.24, 2.45) is 0 Å². The predicted molar refractivity (Wildman–Crippen MR) is 74.4 cm³/mol. The third-order valence-corrected chi connectivity index (χ3v) is 3.10. The van der Waals surface area contributed by atoms with E-state index in [9.17, 15) is 14.7 Å². The average Bonchev–Trinajstić information content (AvgIpc) is 2.28. The van der Waals surface area contributed by atoms with E-state index in [0.29, 0.717) is 5.69 Å². The van der Waals surface area contributed by atoms with Crippen molar-refractivity contribution in [2.45, 2.75) is 19.1 Å². The van der Waals surface area contributed by atoms with E-state index in [0.717, 1.165) is 3.57 Å². The van der Waals surface area contributed by atoms with Crippen molar-refractivity contribution in [3.63, 3.8) is 0 Å². The molecule has 2 atom stereocenters. The quantitative estimate of drug-likeness (QED) is 0.605. The van der Waals surface area contributed by atoms with Crippen LogP contribution in [0.25, 0.3) is 0 Å². The SMILES string of the molecule is CC(O)C(NC(=O)Nc1ccccc1I)C(=O)O. The van der Waals surface area contributed by atoms with Crippen LogP contribution < -0.4 is 10.6 Å². The number of hydrogen-bond donors (Lipinski definition) is 4. The van der Waals surface area contributed by atoms with E-state index in [1.165, 1.54) is 6.92 Å². The summed E-state index contributed by atoms with van der Waals surface area (Å²) in [5, 5.41) is 22.7. The molecule has 2 amide bonds. The van der Waals surface area contributed by atoms with Gasteiger partial charge in [-0.05, 0) is 41.6 Å². The van der Waals surface area contributed by atoms with Gasteiger partial charge in [0.15, 0.2) is 6.04 Å². The summed E-state index contributed by atoms with van der Waals surface area (Å²) in [7, 11) is 0. The van der Waals surface area contributed by atoms with Crippen LogP contribution in [0, 0.1) is 3.57 Å². The molecule has 0 spiro atoms. The first kappa shape index (κ1) is 14.7. The lowest BCUT2D eigenvalue weighted by Crippen LogP contribution is -2.49. The fourth-order valence-corrected chi connectivity index (χ4v) is 1.77. The number of nitrogens with one attached hydrogen (secondary N) is 2. The van der Waals surface area contributed by atoms with E-state index in [2.05, 4.69) is 10.6 Å². The number of carboxylic acids is 1. The maximum Gasteiger partial charge on any atom is 0.328 e.